The van der Waals surface area contributed by atoms with E-state index < -0.39 is 0 Å². The van der Waals surface area contributed by atoms with Crippen LogP contribution >= 0.6 is 15.9 Å². The Labute approximate surface area is 89.6 Å². The van der Waals surface area contributed by atoms with E-state index in [1.54, 1.807) is 12.1 Å². The van der Waals surface area contributed by atoms with Crippen LogP contribution in [0.3, 0.4) is 0 Å². The minimum atomic E-state index is -0.280. The van der Waals surface area contributed by atoms with Gasteiger partial charge in [0, 0.05) is 6.42 Å². The largest absolute Gasteiger partial charge is 0.349 e. The van der Waals surface area contributed by atoms with Crippen LogP contribution in [-0.4, -0.2) is 5.91 Å². The molecule has 2 rings (SSSR count). The fourth-order valence-corrected chi connectivity index (χ4v) is 1.99. The van der Waals surface area contributed by atoms with Crippen molar-refractivity contribution in [3.8, 4) is 0 Å². The van der Waals surface area contributed by atoms with Crippen molar-refractivity contribution >= 4 is 21.8 Å². The van der Waals surface area contributed by atoms with E-state index in [0.29, 0.717) is 10.9 Å². The van der Waals surface area contributed by atoms with Crippen LogP contribution in [0.15, 0.2) is 22.7 Å². The Morgan fingerprint density at radius 1 is 1.50 bits per heavy atom. The monoisotopic (exact) mass is 257 g/mol. The lowest BCUT2D eigenvalue weighted by Crippen LogP contribution is -2.18. The van der Waals surface area contributed by atoms with Gasteiger partial charge in [-0.15, -0.1) is 0 Å². The average molecular weight is 258 g/mol. The molecule has 1 aliphatic heterocycles. The van der Waals surface area contributed by atoms with Gasteiger partial charge in [-0.2, -0.15) is 0 Å². The third-order valence-electron chi connectivity index (χ3n) is 2.34. The number of carbonyl (C=O) groups is 1. The summed E-state index contributed by atoms with van der Waals surface area (Å²) in [6.45, 7) is 0. The average Bonchev–Trinajstić information content (AvgIpc) is 2.57. The minimum absolute atomic E-state index is 0.0411. The van der Waals surface area contributed by atoms with E-state index in [2.05, 4.69) is 21.2 Å². The number of benzene rings is 1. The van der Waals surface area contributed by atoms with Gasteiger partial charge < -0.3 is 5.32 Å². The second-order valence-electron chi connectivity index (χ2n) is 3.33. The SMILES string of the molecule is O=C1CC[C@@H](c2ccc(F)c(Br)c2)N1. The van der Waals surface area contributed by atoms with Gasteiger partial charge in [0.05, 0.1) is 10.5 Å². The molecule has 0 radical (unpaired) electrons. The van der Waals surface area contributed by atoms with Crippen molar-refractivity contribution in [3.63, 3.8) is 0 Å². The molecule has 2 nitrogen and oxygen atoms in total. The number of halogens is 2. The van der Waals surface area contributed by atoms with Crippen molar-refractivity contribution in [1.29, 1.82) is 0 Å². The first kappa shape index (κ1) is 9.65. The molecule has 0 aliphatic carbocycles. The number of nitrogens with one attached hydrogen (secondary N) is 1. The van der Waals surface area contributed by atoms with E-state index in [0.717, 1.165) is 12.0 Å². The van der Waals surface area contributed by atoms with Gasteiger partial charge in [-0.3, -0.25) is 4.79 Å². The van der Waals surface area contributed by atoms with E-state index >= 15 is 0 Å². The molecular weight excluding hydrogens is 249 g/mol. The molecule has 1 aliphatic rings. The van der Waals surface area contributed by atoms with Crippen LogP contribution in [0.2, 0.25) is 0 Å². The fraction of sp³-hybridized carbons (Fsp3) is 0.300. The van der Waals surface area contributed by atoms with Gasteiger partial charge in [-0.1, -0.05) is 6.07 Å². The maximum atomic E-state index is 12.9. The molecule has 0 saturated carbocycles. The lowest BCUT2D eigenvalue weighted by molar-refractivity contribution is -0.119. The highest BCUT2D eigenvalue weighted by molar-refractivity contribution is 9.10. The summed E-state index contributed by atoms with van der Waals surface area (Å²) in [5.74, 6) is -0.214. The van der Waals surface area contributed by atoms with E-state index in [1.165, 1.54) is 6.07 Å². The van der Waals surface area contributed by atoms with Gasteiger partial charge in [0.1, 0.15) is 5.82 Å². The summed E-state index contributed by atoms with van der Waals surface area (Å²) in [5.41, 5.74) is 0.948. The maximum absolute atomic E-state index is 12.9. The molecule has 1 aromatic carbocycles. The van der Waals surface area contributed by atoms with Crippen molar-refractivity contribution in [2.75, 3.05) is 0 Å². The van der Waals surface area contributed by atoms with Crippen molar-refractivity contribution < 1.29 is 9.18 Å². The van der Waals surface area contributed by atoms with Crippen LogP contribution in [0.1, 0.15) is 24.4 Å². The highest BCUT2D eigenvalue weighted by Crippen LogP contribution is 2.27. The zero-order valence-electron chi connectivity index (χ0n) is 7.39. The van der Waals surface area contributed by atoms with Gasteiger partial charge in [0.25, 0.3) is 0 Å². The second-order valence-corrected chi connectivity index (χ2v) is 4.19. The van der Waals surface area contributed by atoms with Gasteiger partial charge >= 0.3 is 0 Å². The molecule has 1 atom stereocenters. The molecule has 0 unspecified atom stereocenters. The molecule has 4 heteroatoms. The first-order chi connectivity index (χ1) is 6.66. The molecule has 0 aromatic heterocycles. The van der Waals surface area contributed by atoms with Crippen molar-refractivity contribution in [2.24, 2.45) is 0 Å². The summed E-state index contributed by atoms with van der Waals surface area (Å²) in [6, 6.07) is 4.87. The topological polar surface area (TPSA) is 29.1 Å². The molecule has 0 spiro atoms. The van der Waals surface area contributed by atoms with Gasteiger partial charge in [0.2, 0.25) is 5.91 Å². The molecule has 0 bridgehead atoms. The number of carbonyl (C=O) groups excluding carboxylic acids is 1. The molecule has 1 N–H and O–H groups in total. The Kier molecular flexibility index (Phi) is 2.54. The van der Waals surface area contributed by atoms with Crippen LogP contribution in [0.5, 0.6) is 0 Å². The Bertz CT molecular complexity index is 380. The lowest BCUT2D eigenvalue weighted by atomic mass is 10.1. The Morgan fingerprint density at radius 2 is 2.29 bits per heavy atom. The molecule has 14 heavy (non-hydrogen) atoms. The number of hydrogen-bond acceptors (Lipinski definition) is 1. The van der Waals surface area contributed by atoms with Crippen molar-refractivity contribution in [1.82, 2.24) is 5.32 Å². The molecule has 1 aromatic rings. The van der Waals surface area contributed by atoms with Crippen LogP contribution in [-0.2, 0) is 4.79 Å². The van der Waals surface area contributed by atoms with Crippen LogP contribution in [0.4, 0.5) is 4.39 Å². The summed E-state index contributed by atoms with van der Waals surface area (Å²) < 4.78 is 13.4. The highest BCUT2D eigenvalue weighted by Gasteiger charge is 2.22. The summed E-state index contributed by atoms with van der Waals surface area (Å²) in [6.07, 6.45) is 1.34. The van der Waals surface area contributed by atoms with Crippen LogP contribution < -0.4 is 5.32 Å². The second kappa shape index (κ2) is 3.69. The van der Waals surface area contributed by atoms with Gasteiger partial charge in [0.15, 0.2) is 0 Å². The van der Waals surface area contributed by atoms with E-state index in [4.69, 9.17) is 0 Å². The standard InChI is InChI=1S/C10H9BrFNO/c11-7-5-6(1-2-8(7)12)9-3-4-10(14)13-9/h1-2,5,9H,3-4H2,(H,13,14)/t9-/m0/s1. The Morgan fingerprint density at radius 3 is 2.86 bits per heavy atom. The first-order valence-electron chi connectivity index (χ1n) is 4.41. The lowest BCUT2D eigenvalue weighted by Gasteiger charge is -2.10. The molecule has 1 heterocycles. The highest BCUT2D eigenvalue weighted by atomic mass is 79.9. The zero-order chi connectivity index (χ0) is 10.1. The third kappa shape index (κ3) is 1.80. The predicted octanol–water partition coefficient (Wildman–Crippen LogP) is 2.54. The van der Waals surface area contributed by atoms with Crippen molar-refractivity contribution in [3.05, 3.63) is 34.1 Å². The summed E-state index contributed by atoms with van der Waals surface area (Å²) >= 11 is 3.12. The van der Waals surface area contributed by atoms with Crippen molar-refractivity contribution in [2.45, 2.75) is 18.9 Å². The number of hydrogen-bond donors (Lipinski definition) is 1. The summed E-state index contributed by atoms with van der Waals surface area (Å²) in [7, 11) is 0. The smallest absolute Gasteiger partial charge is 0.220 e. The van der Waals surface area contributed by atoms with E-state index in [-0.39, 0.29) is 17.8 Å². The molecule has 74 valence electrons. The normalized spacial score (nSPS) is 21.0. The Hall–Kier alpha value is -0.900. The predicted molar refractivity (Wildman–Crippen MR) is 54.2 cm³/mol. The Balaban J connectivity index is 2.24. The molecular formula is C10H9BrFNO. The molecule has 1 fully saturated rings. The molecule has 1 amide bonds. The fourth-order valence-electron chi connectivity index (χ4n) is 1.59. The van der Waals surface area contributed by atoms with Gasteiger partial charge in [-0.25, -0.2) is 4.39 Å². The number of amides is 1. The number of rotatable bonds is 1. The zero-order valence-corrected chi connectivity index (χ0v) is 8.97. The quantitative estimate of drug-likeness (QED) is 0.824. The molecule has 1 saturated heterocycles. The first-order valence-corrected chi connectivity index (χ1v) is 5.20. The van der Waals surface area contributed by atoms with E-state index in [1.807, 2.05) is 0 Å². The summed E-state index contributed by atoms with van der Waals surface area (Å²) in [4.78, 5) is 11.0. The van der Waals surface area contributed by atoms with Crippen LogP contribution in [0.25, 0.3) is 0 Å². The maximum Gasteiger partial charge on any atom is 0.220 e. The van der Waals surface area contributed by atoms with E-state index in [9.17, 15) is 9.18 Å². The van der Waals surface area contributed by atoms with Crippen LogP contribution in [0, 0.1) is 5.82 Å². The summed E-state index contributed by atoms with van der Waals surface area (Å²) in [5, 5.41) is 2.83. The van der Waals surface area contributed by atoms with Gasteiger partial charge in [-0.05, 0) is 40.0 Å². The third-order valence-corrected chi connectivity index (χ3v) is 2.95. The minimum Gasteiger partial charge on any atom is -0.349 e.